The molecule has 5 aliphatic rings. The van der Waals surface area contributed by atoms with Gasteiger partial charge in [-0.2, -0.15) is 0 Å². The van der Waals surface area contributed by atoms with Crippen LogP contribution in [-0.2, 0) is 27.7 Å². The van der Waals surface area contributed by atoms with Crippen molar-refractivity contribution in [2.75, 3.05) is 0 Å². The minimum absolute atomic E-state index is 0. The first kappa shape index (κ1) is 40.0. The third kappa shape index (κ3) is 5.26. The number of allylic oxidation sites excluding steroid dienone is 10. The fourth-order valence-electron chi connectivity index (χ4n) is 11.5. The maximum Gasteiger partial charge on any atom is -1.00 e. The van der Waals surface area contributed by atoms with Gasteiger partial charge >= 0.3 is 320 Å². The van der Waals surface area contributed by atoms with E-state index < -0.39 is 21.3 Å². The molecule has 8 rings (SSSR count). The molecule has 3 atom stereocenters. The molecule has 270 valence electrons. The van der Waals surface area contributed by atoms with Crippen LogP contribution in [0.25, 0.3) is 5.57 Å². The van der Waals surface area contributed by atoms with E-state index in [-0.39, 0.29) is 49.6 Å². The molecule has 0 N–H and O–H groups in total. The number of hydrogen-bond donors (Lipinski definition) is 0. The third-order valence-electron chi connectivity index (χ3n) is 15.4. The van der Waals surface area contributed by atoms with Crippen molar-refractivity contribution in [3.63, 3.8) is 0 Å². The molecule has 3 aromatic carbocycles. The smallest absolute Gasteiger partial charge is 1.00 e. The monoisotopic (exact) mass is 844 g/mol. The molecule has 3 unspecified atom stereocenters. The van der Waals surface area contributed by atoms with Crippen molar-refractivity contribution in [2.45, 2.75) is 81.4 Å². The summed E-state index contributed by atoms with van der Waals surface area (Å²) in [5.41, 5.74) is 12.1. The average molecular weight is 848 g/mol. The van der Waals surface area contributed by atoms with Gasteiger partial charge in [-0.3, -0.25) is 0 Å². The molecule has 52 heavy (non-hydrogen) atoms. The van der Waals surface area contributed by atoms with Crippen LogP contribution in [0.1, 0.15) is 90.5 Å². The SMILES string of the molecule is CC12C(=C3Cc4ccccc4C3=C3C=CCCC31)[C](C)([Zr+2](=[C](c1ccc(Cl)cc1)c1ccc(Cl)cc1)[CH]1C=CC=C1)C(C)(C)C(C)(C)C2(C)C.[Cl-].[Cl-]. The number of hydrogen-bond acceptors (Lipinski definition) is 0. The zero-order chi connectivity index (χ0) is 35.4. The quantitative estimate of drug-likeness (QED) is 0.253. The van der Waals surface area contributed by atoms with E-state index in [1.807, 2.05) is 0 Å². The summed E-state index contributed by atoms with van der Waals surface area (Å²) in [6, 6.07) is 26.9. The molecule has 0 nitrogen and oxygen atoms in total. The van der Waals surface area contributed by atoms with Crippen molar-refractivity contribution >= 4 is 32.0 Å². The fourth-order valence-corrected chi connectivity index (χ4v) is 23.4. The van der Waals surface area contributed by atoms with E-state index in [0.29, 0.717) is 9.54 Å². The molecule has 5 aliphatic carbocycles. The predicted octanol–water partition coefficient (Wildman–Crippen LogP) is 7.67. The Morgan fingerprint density at radius 1 is 0.692 bits per heavy atom. The van der Waals surface area contributed by atoms with Crippen LogP contribution < -0.4 is 24.8 Å². The van der Waals surface area contributed by atoms with Crippen LogP contribution in [0.3, 0.4) is 0 Å². The first-order valence-electron chi connectivity index (χ1n) is 18.5. The van der Waals surface area contributed by atoms with Crippen LogP contribution in [0, 0.1) is 27.6 Å². The van der Waals surface area contributed by atoms with E-state index in [1.54, 1.807) is 25.5 Å². The molecule has 0 saturated heterocycles. The van der Waals surface area contributed by atoms with Crippen LogP contribution in [-0.4, -0.2) is 3.21 Å². The Morgan fingerprint density at radius 3 is 1.83 bits per heavy atom. The van der Waals surface area contributed by atoms with Gasteiger partial charge < -0.3 is 24.8 Å². The molecule has 5 heteroatoms. The standard InChI is InChI=1S/C29H37.C13H8Cl2.C5H5.2ClH.Zr/c1-18-25-22-17-19-13-9-10-14-20(19)24(22)21-15-11-12-16-23(21)29(25,8)28(6,7)27(4,5)26(18,2)3;14-12-5-1-10(2-6-12)9-11-3-7-13(15)8-4-11;1-2-4-5-3-1;;;/h9-11,13-15,23H,12,16-17H2,1-8H3;1-8H;1-5H;2*1H;/q;;;;;+2/p-2. The van der Waals surface area contributed by atoms with Gasteiger partial charge in [-0.05, 0) is 0 Å². The molecular formula is C47H50Cl4Zr. The second-order valence-electron chi connectivity index (χ2n) is 17.4. The minimum Gasteiger partial charge on any atom is -1.00 e. The number of halogens is 4. The van der Waals surface area contributed by atoms with Crippen molar-refractivity contribution in [1.29, 1.82) is 0 Å². The van der Waals surface area contributed by atoms with Crippen molar-refractivity contribution in [3.8, 4) is 0 Å². The van der Waals surface area contributed by atoms with Gasteiger partial charge in [0.05, 0.1) is 0 Å². The summed E-state index contributed by atoms with van der Waals surface area (Å²) < 4.78 is 1.90. The zero-order valence-electron chi connectivity index (χ0n) is 31.7. The summed E-state index contributed by atoms with van der Waals surface area (Å²) in [7, 11) is 0. The van der Waals surface area contributed by atoms with Gasteiger partial charge in [-0.1, -0.05) is 0 Å². The van der Waals surface area contributed by atoms with Gasteiger partial charge in [0.15, 0.2) is 0 Å². The van der Waals surface area contributed by atoms with E-state index in [4.69, 9.17) is 23.2 Å². The summed E-state index contributed by atoms with van der Waals surface area (Å²) in [6.45, 7) is 21.4. The maximum absolute atomic E-state index is 6.61. The zero-order valence-corrected chi connectivity index (χ0v) is 37.2. The van der Waals surface area contributed by atoms with Gasteiger partial charge in [-0.25, -0.2) is 0 Å². The summed E-state index contributed by atoms with van der Waals surface area (Å²) in [5, 5.41) is 1.56. The van der Waals surface area contributed by atoms with Crippen LogP contribution >= 0.6 is 23.2 Å². The van der Waals surface area contributed by atoms with Gasteiger partial charge in [0.25, 0.3) is 0 Å². The molecule has 0 heterocycles. The van der Waals surface area contributed by atoms with Crippen LogP contribution in [0.15, 0.2) is 126 Å². The fraction of sp³-hybridized carbons (Fsp3) is 0.383. The molecule has 3 aromatic rings. The normalized spacial score (nSPS) is 27.1. The van der Waals surface area contributed by atoms with Gasteiger partial charge in [0.1, 0.15) is 0 Å². The molecule has 0 radical (unpaired) electrons. The summed E-state index contributed by atoms with van der Waals surface area (Å²) >= 11 is 10.2. The Hall–Kier alpha value is -1.73. The van der Waals surface area contributed by atoms with E-state index in [2.05, 4.69) is 165 Å². The Bertz CT molecular complexity index is 2040. The Morgan fingerprint density at radius 2 is 1.25 bits per heavy atom. The van der Waals surface area contributed by atoms with Crippen LogP contribution in [0.4, 0.5) is 0 Å². The average Bonchev–Trinajstić information content (AvgIpc) is 3.76. The Balaban J connectivity index is 0.00000232. The van der Waals surface area contributed by atoms with Crippen LogP contribution in [0.5, 0.6) is 0 Å². The van der Waals surface area contributed by atoms with Crippen molar-refractivity contribution in [1.82, 2.24) is 0 Å². The summed E-state index contributed by atoms with van der Waals surface area (Å²) in [5.74, 6) is 0.464. The van der Waals surface area contributed by atoms with Gasteiger partial charge in [0, 0.05) is 0 Å². The molecule has 0 aromatic heterocycles. The molecule has 1 fully saturated rings. The van der Waals surface area contributed by atoms with Gasteiger partial charge in [0.2, 0.25) is 0 Å². The topological polar surface area (TPSA) is 0 Å². The van der Waals surface area contributed by atoms with E-state index in [1.165, 1.54) is 28.7 Å². The molecule has 0 aliphatic heterocycles. The number of benzene rings is 3. The molecule has 0 spiro atoms. The van der Waals surface area contributed by atoms with Crippen molar-refractivity contribution in [2.24, 2.45) is 27.6 Å². The summed E-state index contributed by atoms with van der Waals surface area (Å²) in [4.78, 5) is 0. The Kier molecular flexibility index (Phi) is 10.6. The first-order valence-corrected chi connectivity index (χ1v) is 23.2. The van der Waals surface area contributed by atoms with Gasteiger partial charge in [-0.15, -0.1) is 0 Å². The molecule has 0 amide bonds. The van der Waals surface area contributed by atoms with Crippen LogP contribution in [0.2, 0.25) is 16.8 Å². The third-order valence-corrected chi connectivity index (χ3v) is 26.0. The largest absolute Gasteiger partial charge is 1.00 e. The van der Waals surface area contributed by atoms with E-state index in [0.717, 1.165) is 22.9 Å². The first-order chi connectivity index (χ1) is 23.7. The molecular weight excluding hydrogens is 798 g/mol. The Labute approximate surface area is 342 Å². The summed E-state index contributed by atoms with van der Waals surface area (Å²) in [6.07, 6.45) is 18.1. The number of fused-ring (bicyclic) bond motifs is 6. The molecule has 1 saturated carbocycles. The minimum atomic E-state index is -3.06. The predicted molar refractivity (Wildman–Crippen MR) is 212 cm³/mol. The second-order valence-corrected chi connectivity index (χ2v) is 25.6. The van der Waals surface area contributed by atoms with E-state index >= 15 is 0 Å². The maximum atomic E-state index is 6.61. The second kappa shape index (κ2) is 13.8. The van der Waals surface area contributed by atoms with E-state index in [9.17, 15) is 0 Å². The number of rotatable bonds is 4. The molecule has 0 bridgehead atoms. The van der Waals surface area contributed by atoms with Crippen molar-refractivity contribution < 1.29 is 46.1 Å². The van der Waals surface area contributed by atoms with Crippen molar-refractivity contribution in [3.05, 3.63) is 158 Å².